The van der Waals surface area contributed by atoms with E-state index in [0.717, 1.165) is 0 Å². The highest BCUT2D eigenvalue weighted by Crippen LogP contribution is 2.31. The third-order valence-electron chi connectivity index (χ3n) is 6.98. The molecule has 4 heterocycles. The molecule has 0 bridgehead atoms. The fourth-order valence-corrected chi connectivity index (χ4v) is 4.66. The number of aliphatic hydroxyl groups excluding tert-OH is 10. The Bertz CT molecular complexity index is 761. The first-order chi connectivity index (χ1) is 17.9. The Kier molecular flexibility index (Phi) is 9.92. The Morgan fingerprint density at radius 2 is 0.974 bits per heavy atom. The lowest BCUT2D eigenvalue weighted by Gasteiger charge is -2.46. The SMILES string of the molecule is C[C@@H]1O[C@@H](O[C@@H]2[C@@H](O)[C@H](O)CO[C@H]2O)[C@H](O)[C@H](O)[C@H]1O[C@@H]1OC[C@@H](O)[C@H](O[C@@H]2OC[C@@H](O)[C@H](O)[C@H]2O)[C@H]1O. The first-order valence-electron chi connectivity index (χ1n) is 12.2. The third kappa shape index (κ3) is 6.14. The molecular weight excluding hydrogens is 524 g/mol. The van der Waals surface area contributed by atoms with Gasteiger partial charge in [0.1, 0.15) is 73.2 Å². The number of ether oxygens (including phenoxy) is 7. The average molecular weight is 561 g/mol. The summed E-state index contributed by atoms with van der Waals surface area (Å²) in [6, 6.07) is 0. The molecule has 0 aromatic heterocycles. The van der Waals surface area contributed by atoms with Gasteiger partial charge in [-0.1, -0.05) is 0 Å². The second-order valence-corrected chi connectivity index (χ2v) is 9.78. The second-order valence-electron chi connectivity index (χ2n) is 9.78. The van der Waals surface area contributed by atoms with Crippen LogP contribution in [0.2, 0.25) is 0 Å². The number of hydrogen-bond acceptors (Lipinski definition) is 17. The van der Waals surface area contributed by atoms with Crippen LogP contribution in [-0.4, -0.2) is 175 Å². The maximum Gasteiger partial charge on any atom is 0.187 e. The fourth-order valence-electron chi connectivity index (χ4n) is 4.66. The highest BCUT2D eigenvalue weighted by atomic mass is 16.8. The molecule has 0 saturated carbocycles. The van der Waals surface area contributed by atoms with Gasteiger partial charge in [0.15, 0.2) is 25.2 Å². The normalized spacial score (nSPS) is 54.6. The zero-order chi connectivity index (χ0) is 27.9. The van der Waals surface area contributed by atoms with Crippen molar-refractivity contribution in [3.8, 4) is 0 Å². The van der Waals surface area contributed by atoms with Crippen molar-refractivity contribution in [2.75, 3.05) is 19.8 Å². The van der Waals surface area contributed by atoms with Gasteiger partial charge in [-0.15, -0.1) is 0 Å². The molecule has 0 unspecified atom stereocenters. The van der Waals surface area contributed by atoms with Crippen LogP contribution in [0.5, 0.6) is 0 Å². The van der Waals surface area contributed by atoms with Crippen LogP contribution in [0.15, 0.2) is 0 Å². The molecule has 10 N–H and O–H groups in total. The molecule has 17 atom stereocenters. The summed E-state index contributed by atoms with van der Waals surface area (Å²) in [5.74, 6) is 0. The van der Waals surface area contributed by atoms with Gasteiger partial charge < -0.3 is 84.2 Å². The molecule has 0 radical (unpaired) electrons. The quantitative estimate of drug-likeness (QED) is 0.145. The maximum absolute atomic E-state index is 10.8. The van der Waals surface area contributed by atoms with Crippen LogP contribution in [0, 0.1) is 0 Å². The van der Waals surface area contributed by atoms with Crippen molar-refractivity contribution < 1.29 is 84.2 Å². The molecule has 4 fully saturated rings. The number of aliphatic hydroxyl groups is 10. The summed E-state index contributed by atoms with van der Waals surface area (Å²) in [5.41, 5.74) is 0. The summed E-state index contributed by atoms with van der Waals surface area (Å²) in [7, 11) is 0. The van der Waals surface area contributed by atoms with E-state index < -0.39 is 111 Å². The lowest BCUT2D eigenvalue weighted by molar-refractivity contribution is -0.374. The zero-order valence-corrected chi connectivity index (χ0v) is 20.3. The topological polar surface area (TPSA) is 267 Å². The molecule has 0 aromatic carbocycles. The largest absolute Gasteiger partial charge is 0.388 e. The van der Waals surface area contributed by atoms with Gasteiger partial charge in [0.2, 0.25) is 0 Å². The first-order valence-corrected chi connectivity index (χ1v) is 12.2. The Morgan fingerprint density at radius 3 is 1.66 bits per heavy atom. The van der Waals surface area contributed by atoms with Crippen molar-refractivity contribution in [2.45, 2.75) is 111 Å². The molecule has 17 nitrogen and oxygen atoms in total. The van der Waals surface area contributed by atoms with Crippen LogP contribution in [-0.2, 0) is 33.2 Å². The minimum absolute atomic E-state index is 0.345. The van der Waals surface area contributed by atoms with Crippen LogP contribution in [0.1, 0.15) is 6.92 Å². The molecule has 4 saturated heterocycles. The lowest BCUT2D eigenvalue weighted by atomic mass is 9.98. The van der Waals surface area contributed by atoms with E-state index in [0.29, 0.717) is 0 Å². The summed E-state index contributed by atoms with van der Waals surface area (Å²) in [6.07, 6.45) is -25.7. The van der Waals surface area contributed by atoms with Crippen LogP contribution in [0.3, 0.4) is 0 Å². The van der Waals surface area contributed by atoms with E-state index in [2.05, 4.69) is 0 Å². The van der Waals surface area contributed by atoms with E-state index in [1.807, 2.05) is 0 Å². The summed E-state index contributed by atoms with van der Waals surface area (Å²) >= 11 is 0. The monoisotopic (exact) mass is 560 g/mol. The van der Waals surface area contributed by atoms with Gasteiger partial charge in [-0.2, -0.15) is 0 Å². The number of hydrogen-bond donors (Lipinski definition) is 10. The fraction of sp³-hybridized carbons (Fsp3) is 1.00. The van der Waals surface area contributed by atoms with E-state index in [-0.39, 0.29) is 13.2 Å². The van der Waals surface area contributed by atoms with E-state index >= 15 is 0 Å². The van der Waals surface area contributed by atoms with E-state index in [1.54, 1.807) is 0 Å². The Balaban J connectivity index is 1.37. The predicted molar refractivity (Wildman–Crippen MR) is 114 cm³/mol. The highest BCUT2D eigenvalue weighted by Gasteiger charge is 2.51. The van der Waals surface area contributed by atoms with E-state index in [9.17, 15) is 51.1 Å². The Morgan fingerprint density at radius 1 is 0.474 bits per heavy atom. The molecule has 38 heavy (non-hydrogen) atoms. The van der Waals surface area contributed by atoms with Crippen molar-refractivity contribution >= 4 is 0 Å². The maximum atomic E-state index is 10.8. The molecule has 4 rings (SSSR count). The minimum atomic E-state index is -1.79. The van der Waals surface area contributed by atoms with Crippen molar-refractivity contribution in [1.82, 2.24) is 0 Å². The molecule has 0 aliphatic carbocycles. The van der Waals surface area contributed by atoms with Gasteiger partial charge in [0.25, 0.3) is 0 Å². The van der Waals surface area contributed by atoms with Crippen molar-refractivity contribution in [1.29, 1.82) is 0 Å². The summed E-state index contributed by atoms with van der Waals surface area (Å²) < 4.78 is 37.5. The van der Waals surface area contributed by atoms with Gasteiger partial charge in [0, 0.05) is 0 Å². The summed E-state index contributed by atoms with van der Waals surface area (Å²) in [5, 5.41) is 102. The van der Waals surface area contributed by atoms with Gasteiger partial charge >= 0.3 is 0 Å². The summed E-state index contributed by atoms with van der Waals surface area (Å²) in [6.45, 7) is 0.309. The minimum Gasteiger partial charge on any atom is -0.388 e. The van der Waals surface area contributed by atoms with E-state index in [4.69, 9.17) is 33.2 Å². The summed E-state index contributed by atoms with van der Waals surface area (Å²) in [4.78, 5) is 0. The Labute approximate surface area is 216 Å². The number of rotatable bonds is 6. The van der Waals surface area contributed by atoms with Crippen LogP contribution in [0.25, 0.3) is 0 Å². The van der Waals surface area contributed by atoms with Gasteiger partial charge in [-0.3, -0.25) is 0 Å². The zero-order valence-electron chi connectivity index (χ0n) is 20.3. The van der Waals surface area contributed by atoms with Crippen LogP contribution < -0.4 is 0 Å². The molecule has 0 spiro atoms. The van der Waals surface area contributed by atoms with Crippen LogP contribution >= 0.6 is 0 Å². The van der Waals surface area contributed by atoms with Gasteiger partial charge in [-0.25, -0.2) is 0 Å². The average Bonchev–Trinajstić information content (AvgIpc) is 2.88. The highest BCUT2D eigenvalue weighted by molar-refractivity contribution is 4.94. The lowest BCUT2D eigenvalue weighted by Crippen LogP contribution is -2.64. The molecule has 222 valence electrons. The standard InChI is InChI=1S/C21H36O17/c1-5-15(11(27)13(29)21(35-5)38-17-10(26)7(23)2-32-18(17)31)36-20-14(30)16(8(24)4-34-20)37-19-12(28)9(25)6(22)3-33-19/h5-31H,2-4H2,1H3/t5-,6+,7+,8+,9-,10-,11-,12+,13+,14+,15-,16-,17+,18+,19-,20-,21-/m0/s1. The molecule has 17 heteroatoms. The molecule has 4 aliphatic heterocycles. The predicted octanol–water partition coefficient (Wildman–Crippen LogP) is -6.80. The Hall–Kier alpha value is -0.680. The molecule has 0 amide bonds. The van der Waals surface area contributed by atoms with Crippen molar-refractivity contribution in [2.24, 2.45) is 0 Å². The van der Waals surface area contributed by atoms with E-state index in [1.165, 1.54) is 6.92 Å². The van der Waals surface area contributed by atoms with Crippen molar-refractivity contribution in [3.63, 3.8) is 0 Å². The smallest absolute Gasteiger partial charge is 0.187 e. The second kappa shape index (κ2) is 12.5. The molecule has 0 aromatic rings. The molecule has 4 aliphatic rings. The van der Waals surface area contributed by atoms with Crippen LogP contribution in [0.4, 0.5) is 0 Å². The first kappa shape index (κ1) is 30.3. The van der Waals surface area contributed by atoms with Crippen molar-refractivity contribution in [3.05, 3.63) is 0 Å². The van der Waals surface area contributed by atoms with Gasteiger partial charge in [-0.05, 0) is 6.92 Å². The third-order valence-corrected chi connectivity index (χ3v) is 6.98. The van der Waals surface area contributed by atoms with Gasteiger partial charge in [0.05, 0.1) is 25.9 Å². The molecular formula is C21H36O17.